The summed E-state index contributed by atoms with van der Waals surface area (Å²) in [6.07, 6.45) is 8.61. The van der Waals surface area contributed by atoms with E-state index >= 15 is 0 Å². The van der Waals surface area contributed by atoms with Gasteiger partial charge in [0.1, 0.15) is 5.82 Å². The maximum absolute atomic E-state index is 13.8. The summed E-state index contributed by atoms with van der Waals surface area (Å²) in [5.41, 5.74) is 3.23. The molecule has 0 radical (unpaired) electrons. The molecule has 1 aliphatic rings. The van der Waals surface area contributed by atoms with Crippen LogP contribution < -0.4 is 0 Å². The third kappa shape index (κ3) is 5.28. The predicted octanol–water partition coefficient (Wildman–Crippen LogP) is 6.31. The van der Waals surface area contributed by atoms with Crippen molar-refractivity contribution in [3.05, 3.63) is 77.4 Å². The molecule has 0 saturated heterocycles. The van der Waals surface area contributed by atoms with Crippen molar-refractivity contribution in [3.63, 3.8) is 0 Å². The van der Waals surface area contributed by atoms with Crippen LogP contribution in [-0.2, 0) is 0 Å². The third-order valence-electron chi connectivity index (χ3n) is 6.27. The number of aryl methyl sites for hydroxylation is 1. The fourth-order valence-corrected chi connectivity index (χ4v) is 4.68. The van der Waals surface area contributed by atoms with Gasteiger partial charge in [0.25, 0.3) is 5.89 Å². The molecule has 2 aromatic carbocycles. The Kier molecular flexibility index (Phi) is 6.62. The highest BCUT2D eigenvalue weighted by Crippen LogP contribution is 2.40. The van der Waals surface area contributed by atoms with Gasteiger partial charge in [-0.2, -0.15) is 4.98 Å². The Bertz CT molecular complexity index is 1020. The van der Waals surface area contributed by atoms with Gasteiger partial charge in [-0.1, -0.05) is 53.2 Å². The summed E-state index contributed by atoms with van der Waals surface area (Å²) >= 11 is 0. The first-order valence-electron chi connectivity index (χ1n) is 11.0. The predicted molar refractivity (Wildman–Crippen MR) is 122 cm³/mol. The average molecular weight is 420 g/mol. The fraction of sp³-hybridized carbons (Fsp3) is 0.385. The van der Waals surface area contributed by atoms with Crippen molar-refractivity contribution in [2.45, 2.75) is 38.6 Å². The third-order valence-corrected chi connectivity index (χ3v) is 6.27. The van der Waals surface area contributed by atoms with Crippen LogP contribution in [0.25, 0.3) is 17.5 Å². The number of allylic oxidation sites excluding steroid dienone is 1. The van der Waals surface area contributed by atoms with Crippen LogP contribution in [0.5, 0.6) is 0 Å². The molecule has 4 nitrogen and oxygen atoms in total. The van der Waals surface area contributed by atoms with Gasteiger partial charge in [0.05, 0.1) is 0 Å². The van der Waals surface area contributed by atoms with E-state index in [1.54, 1.807) is 6.07 Å². The Morgan fingerprint density at radius 1 is 1.06 bits per heavy atom. The molecule has 31 heavy (non-hydrogen) atoms. The quantitative estimate of drug-likeness (QED) is 0.470. The molecule has 0 bridgehead atoms. The van der Waals surface area contributed by atoms with Gasteiger partial charge in [-0.05, 0) is 82.3 Å². The highest BCUT2D eigenvalue weighted by molar-refractivity contribution is 5.56. The lowest BCUT2D eigenvalue weighted by molar-refractivity contribution is 0.159. The normalized spacial score (nSPS) is 20.4. The summed E-state index contributed by atoms with van der Waals surface area (Å²) < 4.78 is 19.2. The Morgan fingerprint density at radius 2 is 1.81 bits per heavy atom. The molecule has 1 aromatic heterocycles. The molecule has 5 heteroatoms. The molecule has 1 saturated carbocycles. The molecule has 1 fully saturated rings. The molecule has 0 amide bonds. The van der Waals surface area contributed by atoms with Crippen molar-refractivity contribution < 1.29 is 8.91 Å². The average Bonchev–Trinajstić information content (AvgIpc) is 3.23. The molecule has 0 spiro atoms. The number of aromatic nitrogens is 2. The van der Waals surface area contributed by atoms with Gasteiger partial charge in [0.2, 0.25) is 5.82 Å². The SMILES string of the molecule is Cc1ccc(-c2noc(/C=C/C3CCC(C(c4cccc(F)c4)N(C)C)CC3)n2)cc1. The van der Waals surface area contributed by atoms with E-state index in [4.69, 9.17) is 4.52 Å². The topological polar surface area (TPSA) is 42.2 Å². The Labute approximate surface area is 183 Å². The zero-order valence-electron chi connectivity index (χ0n) is 18.5. The Balaban J connectivity index is 1.36. The van der Waals surface area contributed by atoms with Crippen LogP contribution >= 0.6 is 0 Å². The summed E-state index contributed by atoms with van der Waals surface area (Å²) in [5, 5.41) is 4.10. The first-order chi connectivity index (χ1) is 15.0. The molecule has 4 rings (SSSR count). The van der Waals surface area contributed by atoms with Crippen LogP contribution in [0.3, 0.4) is 0 Å². The molecule has 0 N–H and O–H groups in total. The summed E-state index contributed by atoms with van der Waals surface area (Å²) in [5.74, 6) is 2.03. The van der Waals surface area contributed by atoms with E-state index in [1.165, 1.54) is 11.6 Å². The van der Waals surface area contributed by atoms with E-state index in [0.29, 0.717) is 23.6 Å². The second kappa shape index (κ2) is 9.56. The van der Waals surface area contributed by atoms with Gasteiger partial charge in [0.15, 0.2) is 0 Å². The van der Waals surface area contributed by atoms with Gasteiger partial charge in [0, 0.05) is 11.6 Å². The van der Waals surface area contributed by atoms with Gasteiger partial charge in [-0.15, -0.1) is 0 Å². The fourth-order valence-electron chi connectivity index (χ4n) is 4.68. The van der Waals surface area contributed by atoms with Crippen LogP contribution in [-0.4, -0.2) is 29.1 Å². The maximum Gasteiger partial charge on any atom is 0.250 e. The molecule has 1 unspecified atom stereocenters. The lowest BCUT2D eigenvalue weighted by atomic mass is 9.76. The first kappa shape index (κ1) is 21.4. The van der Waals surface area contributed by atoms with E-state index in [0.717, 1.165) is 36.8 Å². The Morgan fingerprint density at radius 3 is 2.48 bits per heavy atom. The molecule has 162 valence electrons. The summed E-state index contributed by atoms with van der Waals surface area (Å²) in [6, 6.07) is 15.4. The first-order valence-corrected chi connectivity index (χ1v) is 11.0. The molecule has 1 heterocycles. The zero-order chi connectivity index (χ0) is 21.8. The number of benzene rings is 2. The standard InChI is InChI=1S/C26H30FN3O/c1-18-7-12-21(13-8-18)26-28-24(31-29-26)16-11-19-9-14-20(15-10-19)25(30(2)3)22-5-4-6-23(27)17-22/h4-8,11-13,16-17,19-20,25H,9-10,14-15H2,1-3H3/b16-11+. The lowest BCUT2D eigenvalue weighted by Gasteiger charge is -2.37. The van der Waals surface area contributed by atoms with Crippen LogP contribution in [0, 0.1) is 24.6 Å². The van der Waals surface area contributed by atoms with E-state index in [1.807, 2.05) is 42.5 Å². The lowest BCUT2D eigenvalue weighted by Crippen LogP contribution is -2.30. The minimum Gasteiger partial charge on any atom is -0.334 e. The van der Waals surface area contributed by atoms with E-state index in [2.05, 4.69) is 42.1 Å². The van der Waals surface area contributed by atoms with E-state index < -0.39 is 0 Å². The number of nitrogens with zero attached hydrogens (tertiary/aromatic N) is 3. The molecular formula is C26H30FN3O. The summed E-state index contributed by atoms with van der Waals surface area (Å²) in [4.78, 5) is 6.72. The van der Waals surface area contributed by atoms with Crippen molar-refractivity contribution in [2.75, 3.05) is 14.1 Å². The minimum atomic E-state index is -0.162. The molecular weight excluding hydrogens is 389 g/mol. The molecule has 3 aromatic rings. The van der Waals surface area contributed by atoms with Crippen molar-refractivity contribution in [1.82, 2.24) is 15.0 Å². The van der Waals surface area contributed by atoms with Crippen molar-refractivity contribution in [1.29, 1.82) is 0 Å². The monoisotopic (exact) mass is 419 g/mol. The smallest absolute Gasteiger partial charge is 0.250 e. The van der Waals surface area contributed by atoms with Crippen molar-refractivity contribution in [3.8, 4) is 11.4 Å². The maximum atomic E-state index is 13.8. The second-order valence-electron chi connectivity index (χ2n) is 8.82. The Hall–Kier alpha value is -2.79. The number of hydrogen-bond donors (Lipinski definition) is 0. The molecule has 0 aliphatic heterocycles. The van der Waals surface area contributed by atoms with Crippen molar-refractivity contribution >= 4 is 6.08 Å². The number of rotatable bonds is 6. The van der Waals surface area contributed by atoms with Crippen LogP contribution in [0.1, 0.15) is 48.7 Å². The highest BCUT2D eigenvalue weighted by atomic mass is 19.1. The van der Waals surface area contributed by atoms with Crippen LogP contribution in [0.2, 0.25) is 0 Å². The molecule has 1 aliphatic carbocycles. The summed E-state index contributed by atoms with van der Waals surface area (Å²) in [6.45, 7) is 2.06. The second-order valence-corrected chi connectivity index (χ2v) is 8.82. The van der Waals surface area contributed by atoms with Crippen LogP contribution in [0.4, 0.5) is 4.39 Å². The van der Waals surface area contributed by atoms with Gasteiger partial charge >= 0.3 is 0 Å². The van der Waals surface area contributed by atoms with E-state index in [9.17, 15) is 4.39 Å². The minimum absolute atomic E-state index is 0.162. The highest BCUT2D eigenvalue weighted by Gasteiger charge is 2.29. The number of halogens is 1. The zero-order valence-corrected chi connectivity index (χ0v) is 18.5. The van der Waals surface area contributed by atoms with Gasteiger partial charge in [-0.3, -0.25) is 0 Å². The number of hydrogen-bond acceptors (Lipinski definition) is 4. The summed E-state index contributed by atoms with van der Waals surface area (Å²) in [7, 11) is 4.17. The molecule has 1 atom stereocenters. The van der Waals surface area contributed by atoms with Gasteiger partial charge in [-0.25, -0.2) is 4.39 Å². The van der Waals surface area contributed by atoms with Crippen molar-refractivity contribution in [2.24, 2.45) is 11.8 Å². The van der Waals surface area contributed by atoms with Gasteiger partial charge < -0.3 is 9.42 Å². The van der Waals surface area contributed by atoms with Crippen LogP contribution in [0.15, 0.2) is 59.1 Å². The largest absolute Gasteiger partial charge is 0.334 e. The van der Waals surface area contributed by atoms with E-state index in [-0.39, 0.29) is 11.9 Å².